The van der Waals surface area contributed by atoms with E-state index in [2.05, 4.69) is 19.9 Å². The summed E-state index contributed by atoms with van der Waals surface area (Å²) in [6.45, 7) is 0. The van der Waals surface area contributed by atoms with E-state index in [4.69, 9.17) is 5.14 Å². The number of nitrogens with two attached hydrogens (primary N) is 1. The fourth-order valence-electron chi connectivity index (χ4n) is 0.467. The number of aliphatic imine (C=N–C) groups is 1. The average Bonchev–Trinajstić information content (AvgIpc) is 2.47. The van der Waals surface area contributed by atoms with Crippen LogP contribution in [0.25, 0.3) is 0 Å². The first-order valence-corrected chi connectivity index (χ1v) is 5.32. The Hall–Kier alpha value is -1.06. The molecule has 2 N–H and O–H groups in total. The number of ether oxygens (including phenoxy) is 1. The van der Waals surface area contributed by atoms with Gasteiger partial charge in [-0.05, 0) is 0 Å². The zero-order chi connectivity index (χ0) is 9.90. The van der Waals surface area contributed by atoms with Gasteiger partial charge in [-0.3, -0.25) is 0 Å². The van der Waals surface area contributed by atoms with Crippen LogP contribution in [0.4, 0.5) is 5.13 Å². The molecule has 0 bridgehead atoms. The van der Waals surface area contributed by atoms with Gasteiger partial charge in [0.25, 0.3) is 10.0 Å². The largest absolute Gasteiger partial charge is 0.486 e. The van der Waals surface area contributed by atoms with E-state index >= 15 is 0 Å². The van der Waals surface area contributed by atoms with Gasteiger partial charge in [0.15, 0.2) is 6.40 Å². The fourth-order valence-corrected chi connectivity index (χ4v) is 1.73. The maximum atomic E-state index is 10.7. The summed E-state index contributed by atoms with van der Waals surface area (Å²) in [4.78, 5) is 3.64. The molecule has 0 aliphatic rings. The summed E-state index contributed by atoms with van der Waals surface area (Å²) >= 11 is 0.767. The van der Waals surface area contributed by atoms with Crippen molar-refractivity contribution in [2.45, 2.75) is 4.34 Å². The Balaban J connectivity index is 2.94. The average molecular weight is 222 g/mol. The van der Waals surface area contributed by atoms with Crippen molar-refractivity contribution < 1.29 is 13.2 Å². The summed E-state index contributed by atoms with van der Waals surface area (Å²) in [5.74, 6) is 0. The van der Waals surface area contributed by atoms with Gasteiger partial charge in [-0.15, -0.1) is 10.2 Å². The van der Waals surface area contributed by atoms with E-state index in [0.717, 1.165) is 17.7 Å². The van der Waals surface area contributed by atoms with Gasteiger partial charge in [0, 0.05) is 0 Å². The molecule has 13 heavy (non-hydrogen) atoms. The van der Waals surface area contributed by atoms with Crippen LogP contribution in [0.15, 0.2) is 9.33 Å². The van der Waals surface area contributed by atoms with Crippen molar-refractivity contribution in [3.05, 3.63) is 0 Å². The Labute approximate surface area is 78.3 Å². The third-order valence-corrected chi connectivity index (χ3v) is 3.05. The predicted octanol–water partition coefficient (Wildman–Crippen LogP) is -0.508. The smallest absolute Gasteiger partial charge is 0.267 e. The molecule has 0 amide bonds. The molecule has 0 spiro atoms. The summed E-state index contributed by atoms with van der Waals surface area (Å²) < 4.78 is 25.7. The van der Waals surface area contributed by atoms with Crippen molar-refractivity contribution >= 4 is 32.9 Å². The minimum absolute atomic E-state index is 0.172. The van der Waals surface area contributed by atoms with E-state index in [1.165, 1.54) is 7.11 Å². The number of methoxy groups -OCH3 is 1. The van der Waals surface area contributed by atoms with E-state index in [9.17, 15) is 8.42 Å². The first-order valence-electron chi connectivity index (χ1n) is 2.95. The van der Waals surface area contributed by atoms with Crippen LogP contribution in [0.1, 0.15) is 0 Å². The van der Waals surface area contributed by atoms with Crippen molar-refractivity contribution in [3.63, 3.8) is 0 Å². The molecule has 1 aromatic heterocycles. The minimum Gasteiger partial charge on any atom is -0.486 e. The van der Waals surface area contributed by atoms with Crippen molar-refractivity contribution in [2.24, 2.45) is 10.1 Å². The predicted molar refractivity (Wildman–Crippen MR) is 46.4 cm³/mol. The van der Waals surface area contributed by atoms with Crippen LogP contribution in [0, 0.1) is 0 Å². The van der Waals surface area contributed by atoms with Crippen molar-refractivity contribution in [1.82, 2.24) is 10.2 Å². The second-order valence-corrected chi connectivity index (χ2v) is 4.56. The highest BCUT2D eigenvalue weighted by molar-refractivity contribution is 7.91. The van der Waals surface area contributed by atoms with Crippen LogP contribution in [0.3, 0.4) is 0 Å². The van der Waals surface area contributed by atoms with E-state index in [-0.39, 0.29) is 9.47 Å². The van der Waals surface area contributed by atoms with Crippen LogP contribution in [0.5, 0.6) is 0 Å². The number of hydrogen-bond donors (Lipinski definition) is 1. The fraction of sp³-hybridized carbons (Fsp3) is 0.250. The molecule has 1 rings (SSSR count). The lowest BCUT2D eigenvalue weighted by molar-refractivity contribution is 0.423. The number of nitrogens with zero attached hydrogens (tertiary/aromatic N) is 3. The third-order valence-electron chi connectivity index (χ3n) is 0.908. The second kappa shape index (κ2) is 3.77. The lowest BCUT2D eigenvalue weighted by Crippen LogP contribution is -2.11. The first-order chi connectivity index (χ1) is 6.04. The van der Waals surface area contributed by atoms with Crippen LogP contribution < -0.4 is 5.14 Å². The maximum Gasteiger partial charge on any atom is 0.267 e. The van der Waals surface area contributed by atoms with Crippen molar-refractivity contribution in [2.75, 3.05) is 7.11 Å². The van der Waals surface area contributed by atoms with E-state index in [0.29, 0.717) is 0 Å². The lowest BCUT2D eigenvalue weighted by Gasteiger charge is -1.84. The number of hydrogen-bond acceptors (Lipinski definition) is 7. The Morgan fingerprint density at radius 3 is 2.77 bits per heavy atom. The molecular formula is C4H6N4O3S2. The van der Waals surface area contributed by atoms with E-state index in [1.807, 2.05) is 0 Å². The molecule has 0 radical (unpaired) electrons. The zero-order valence-electron chi connectivity index (χ0n) is 6.54. The van der Waals surface area contributed by atoms with Gasteiger partial charge in [-0.2, -0.15) is 4.99 Å². The first kappa shape index (κ1) is 10.0. The van der Waals surface area contributed by atoms with Gasteiger partial charge >= 0.3 is 0 Å². The molecule has 72 valence electrons. The van der Waals surface area contributed by atoms with Crippen molar-refractivity contribution in [3.8, 4) is 0 Å². The zero-order valence-corrected chi connectivity index (χ0v) is 8.17. The number of sulfonamides is 1. The highest BCUT2D eigenvalue weighted by atomic mass is 32.2. The molecule has 0 aliphatic heterocycles. The Bertz CT molecular complexity index is 409. The molecule has 7 nitrogen and oxygen atoms in total. The standard InChI is InChI=1S/C4H6N4O3S2/c1-11-2-6-3-7-8-4(12-3)13(5,9)10/h2H,1H3,(H2,5,9,10)/b6-2-. The highest BCUT2D eigenvalue weighted by Gasteiger charge is 2.14. The Kier molecular flexibility index (Phi) is 2.90. The third kappa shape index (κ3) is 2.72. The van der Waals surface area contributed by atoms with Gasteiger partial charge in [0.2, 0.25) is 9.47 Å². The van der Waals surface area contributed by atoms with Gasteiger partial charge in [0.1, 0.15) is 0 Å². The summed E-state index contributed by atoms with van der Waals surface area (Å²) in [5.41, 5.74) is 0. The van der Waals surface area contributed by atoms with Crippen LogP contribution >= 0.6 is 11.3 Å². The van der Waals surface area contributed by atoms with Gasteiger partial charge in [-0.1, -0.05) is 11.3 Å². The van der Waals surface area contributed by atoms with Crippen molar-refractivity contribution in [1.29, 1.82) is 0 Å². The van der Waals surface area contributed by atoms with Gasteiger partial charge < -0.3 is 4.74 Å². The van der Waals surface area contributed by atoms with Crippen LogP contribution in [-0.4, -0.2) is 32.1 Å². The summed E-state index contributed by atoms with van der Waals surface area (Å²) in [5, 5.41) is 11.7. The Morgan fingerprint density at radius 2 is 2.31 bits per heavy atom. The normalized spacial score (nSPS) is 12.2. The molecular weight excluding hydrogens is 216 g/mol. The maximum absolute atomic E-state index is 10.7. The van der Waals surface area contributed by atoms with Gasteiger partial charge in [0.05, 0.1) is 7.11 Å². The summed E-state index contributed by atoms with van der Waals surface area (Å²) in [6, 6.07) is 0. The van der Waals surface area contributed by atoms with Gasteiger partial charge in [-0.25, -0.2) is 13.6 Å². The molecule has 0 aromatic carbocycles. The number of primary sulfonamides is 1. The molecule has 0 atom stereocenters. The summed E-state index contributed by atoms with van der Waals surface area (Å²) in [7, 11) is -2.37. The second-order valence-electron chi connectivity index (χ2n) is 1.87. The quantitative estimate of drug-likeness (QED) is 0.547. The highest BCUT2D eigenvalue weighted by Crippen LogP contribution is 2.20. The molecule has 0 saturated heterocycles. The molecule has 0 aliphatic carbocycles. The number of rotatable bonds is 3. The number of aromatic nitrogens is 2. The van der Waals surface area contributed by atoms with Crippen LogP contribution in [-0.2, 0) is 14.8 Å². The molecule has 0 saturated carbocycles. The van der Waals surface area contributed by atoms with E-state index < -0.39 is 10.0 Å². The molecule has 1 aromatic rings. The summed E-state index contributed by atoms with van der Waals surface area (Å²) in [6.07, 6.45) is 1.12. The minimum atomic E-state index is -3.78. The lowest BCUT2D eigenvalue weighted by atomic mass is 11.2. The molecule has 0 unspecified atom stereocenters. The topological polar surface area (TPSA) is 108 Å². The Morgan fingerprint density at radius 1 is 1.62 bits per heavy atom. The SMILES string of the molecule is CO/C=N\c1nnc(S(N)(=O)=O)s1. The molecule has 9 heteroatoms. The van der Waals surface area contributed by atoms with E-state index in [1.54, 1.807) is 0 Å². The molecule has 1 heterocycles. The monoisotopic (exact) mass is 222 g/mol. The molecule has 0 fully saturated rings. The van der Waals surface area contributed by atoms with Crippen LogP contribution in [0.2, 0.25) is 0 Å².